The van der Waals surface area contributed by atoms with Crippen molar-refractivity contribution in [1.29, 1.82) is 0 Å². The molecular weight excluding hydrogens is 376 g/mol. The van der Waals surface area contributed by atoms with Crippen molar-refractivity contribution in [1.82, 2.24) is 21.5 Å². The number of hydrogen-bond donors (Lipinski definition) is 4. The molecule has 7 nitrogen and oxygen atoms in total. The number of nitrogens with one attached hydrogen (secondary N) is 4. The van der Waals surface area contributed by atoms with Gasteiger partial charge in [0.25, 0.3) is 0 Å². The summed E-state index contributed by atoms with van der Waals surface area (Å²) in [5.74, 6) is 0.284. The van der Waals surface area contributed by atoms with E-state index < -0.39 is 6.04 Å². The average Bonchev–Trinajstić information content (AvgIpc) is 2.71. The average molecular weight is 401 g/mol. The van der Waals surface area contributed by atoms with Crippen LogP contribution in [0.3, 0.4) is 0 Å². The SMILES string of the molecule is COc1ccc(CNC(=S)NNC(=O)C[C@H](NC(C)=O)c2ccccc2)cc1. The number of carbonyl (C=O) groups is 2. The fourth-order valence-corrected chi connectivity index (χ4v) is 2.64. The predicted molar refractivity (Wildman–Crippen MR) is 111 cm³/mol. The molecule has 148 valence electrons. The van der Waals surface area contributed by atoms with E-state index in [1.165, 1.54) is 6.92 Å². The molecule has 0 aliphatic carbocycles. The van der Waals surface area contributed by atoms with Gasteiger partial charge in [-0.25, -0.2) is 0 Å². The van der Waals surface area contributed by atoms with E-state index in [4.69, 9.17) is 17.0 Å². The van der Waals surface area contributed by atoms with Gasteiger partial charge in [-0.2, -0.15) is 0 Å². The lowest BCUT2D eigenvalue weighted by molar-refractivity contribution is -0.123. The molecule has 28 heavy (non-hydrogen) atoms. The van der Waals surface area contributed by atoms with Crippen LogP contribution in [-0.4, -0.2) is 24.0 Å². The molecule has 1 atom stereocenters. The van der Waals surface area contributed by atoms with E-state index in [0.29, 0.717) is 11.7 Å². The van der Waals surface area contributed by atoms with Crippen molar-refractivity contribution in [3.63, 3.8) is 0 Å². The number of hydrazine groups is 1. The third-order valence-electron chi connectivity index (χ3n) is 3.90. The van der Waals surface area contributed by atoms with E-state index in [0.717, 1.165) is 16.9 Å². The Kier molecular flexibility index (Phi) is 8.23. The Bertz CT molecular complexity index is 797. The lowest BCUT2D eigenvalue weighted by Crippen LogP contribution is -2.47. The molecule has 0 saturated carbocycles. The molecule has 2 rings (SSSR count). The molecule has 0 unspecified atom stereocenters. The number of carbonyl (C=O) groups excluding carboxylic acids is 2. The van der Waals surface area contributed by atoms with Gasteiger partial charge in [-0.15, -0.1) is 0 Å². The summed E-state index contributed by atoms with van der Waals surface area (Å²) in [6, 6.07) is 16.5. The van der Waals surface area contributed by atoms with Gasteiger partial charge in [0.05, 0.1) is 19.6 Å². The smallest absolute Gasteiger partial charge is 0.240 e. The number of rotatable bonds is 7. The van der Waals surface area contributed by atoms with Gasteiger partial charge in [0.2, 0.25) is 11.8 Å². The van der Waals surface area contributed by atoms with Crippen molar-refractivity contribution in [3.05, 3.63) is 65.7 Å². The lowest BCUT2D eigenvalue weighted by Gasteiger charge is -2.18. The highest BCUT2D eigenvalue weighted by Crippen LogP contribution is 2.16. The zero-order chi connectivity index (χ0) is 20.4. The fourth-order valence-electron chi connectivity index (χ4n) is 2.52. The van der Waals surface area contributed by atoms with E-state index in [2.05, 4.69) is 21.5 Å². The summed E-state index contributed by atoms with van der Waals surface area (Å²) in [6.07, 6.45) is 0.0810. The second-order valence-corrected chi connectivity index (χ2v) is 6.48. The molecule has 0 aliphatic rings. The highest BCUT2D eigenvalue weighted by atomic mass is 32.1. The zero-order valence-electron chi connectivity index (χ0n) is 15.8. The molecule has 0 heterocycles. The van der Waals surface area contributed by atoms with Crippen LogP contribution in [0.25, 0.3) is 0 Å². The van der Waals surface area contributed by atoms with Crippen LogP contribution >= 0.6 is 12.2 Å². The summed E-state index contributed by atoms with van der Waals surface area (Å²) >= 11 is 5.17. The first kappa shape index (κ1) is 21.2. The van der Waals surface area contributed by atoms with Crippen molar-refractivity contribution in [2.24, 2.45) is 0 Å². The minimum absolute atomic E-state index is 0.0810. The second-order valence-electron chi connectivity index (χ2n) is 6.07. The summed E-state index contributed by atoms with van der Waals surface area (Å²) in [4.78, 5) is 23.7. The highest BCUT2D eigenvalue weighted by molar-refractivity contribution is 7.80. The molecule has 0 fully saturated rings. The maximum absolute atomic E-state index is 12.2. The Labute approximate surface area is 169 Å². The first-order valence-electron chi connectivity index (χ1n) is 8.75. The van der Waals surface area contributed by atoms with Crippen molar-refractivity contribution >= 4 is 29.1 Å². The second kappa shape index (κ2) is 10.9. The van der Waals surface area contributed by atoms with Crippen molar-refractivity contribution < 1.29 is 14.3 Å². The molecule has 0 aromatic heterocycles. The van der Waals surface area contributed by atoms with Crippen molar-refractivity contribution in [2.45, 2.75) is 25.9 Å². The monoisotopic (exact) mass is 400 g/mol. The van der Waals surface area contributed by atoms with Gasteiger partial charge in [0, 0.05) is 13.5 Å². The summed E-state index contributed by atoms with van der Waals surface area (Å²) in [5, 5.41) is 6.08. The summed E-state index contributed by atoms with van der Waals surface area (Å²) in [6.45, 7) is 1.93. The first-order valence-corrected chi connectivity index (χ1v) is 9.16. The van der Waals surface area contributed by atoms with Crippen LogP contribution in [0.5, 0.6) is 5.75 Å². The van der Waals surface area contributed by atoms with Gasteiger partial charge >= 0.3 is 0 Å². The number of benzene rings is 2. The maximum atomic E-state index is 12.2. The normalized spacial score (nSPS) is 11.1. The summed E-state index contributed by atoms with van der Waals surface area (Å²) in [5.41, 5.74) is 7.09. The third kappa shape index (κ3) is 7.24. The largest absolute Gasteiger partial charge is 0.497 e. The molecular formula is C20H24N4O3S. The summed E-state index contributed by atoms with van der Waals surface area (Å²) < 4.78 is 5.11. The predicted octanol–water partition coefficient (Wildman–Crippen LogP) is 1.96. The van der Waals surface area contributed by atoms with Gasteiger partial charge in [-0.1, -0.05) is 42.5 Å². The van der Waals surface area contributed by atoms with E-state index >= 15 is 0 Å². The maximum Gasteiger partial charge on any atom is 0.240 e. The van der Waals surface area contributed by atoms with Crippen LogP contribution < -0.4 is 26.2 Å². The molecule has 4 N–H and O–H groups in total. The third-order valence-corrected chi connectivity index (χ3v) is 4.14. The molecule has 8 heteroatoms. The standard InChI is InChI=1S/C20H24N4O3S/c1-14(25)22-18(16-6-4-3-5-7-16)12-19(26)23-24-20(28)21-13-15-8-10-17(27-2)11-9-15/h3-11,18H,12-13H2,1-2H3,(H,22,25)(H,23,26)(H2,21,24,28)/t18-/m0/s1. The van der Waals surface area contributed by atoms with Crippen LogP contribution in [0.2, 0.25) is 0 Å². The molecule has 0 aliphatic heterocycles. The molecule has 0 radical (unpaired) electrons. The zero-order valence-corrected chi connectivity index (χ0v) is 16.6. The minimum Gasteiger partial charge on any atom is -0.497 e. The van der Waals surface area contributed by atoms with Gasteiger partial charge in [-0.05, 0) is 35.5 Å². The molecule has 0 spiro atoms. The number of amides is 2. The van der Waals surface area contributed by atoms with Crippen LogP contribution in [0.15, 0.2) is 54.6 Å². The van der Waals surface area contributed by atoms with Gasteiger partial charge in [0.1, 0.15) is 5.75 Å². The van der Waals surface area contributed by atoms with Crippen molar-refractivity contribution in [2.75, 3.05) is 7.11 Å². The Morgan fingerprint density at radius 3 is 2.32 bits per heavy atom. The Hall–Kier alpha value is -3.13. The molecule has 2 amide bonds. The van der Waals surface area contributed by atoms with Gasteiger partial charge in [0.15, 0.2) is 5.11 Å². The fraction of sp³-hybridized carbons (Fsp3) is 0.250. The molecule has 2 aromatic rings. The number of thiocarbonyl (C=S) groups is 1. The summed E-state index contributed by atoms with van der Waals surface area (Å²) in [7, 11) is 1.61. The number of methoxy groups -OCH3 is 1. The van der Waals surface area contributed by atoms with Crippen LogP contribution in [0.1, 0.15) is 30.5 Å². The van der Waals surface area contributed by atoms with E-state index in [1.807, 2.05) is 54.6 Å². The van der Waals surface area contributed by atoms with Crippen LogP contribution in [-0.2, 0) is 16.1 Å². The number of hydrogen-bond acceptors (Lipinski definition) is 4. The van der Waals surface area contributed by atoms with E-state index in [1.54, 1.807) is 7.11 Å². The highest BCUT2D eigenvalue weighted by Gasteiger charge is 2.16. The Balaban J connectivity index is 1.79. The first-order chi connectivity index (χ1) is 13.5. The van der Waals surface area contributed by atoms with E-state index in [9.17, 15) is 9.59 Å². The van der Waals surface area contributed by atoms with Gasteiger partial charge < -0.3 is 15.4 Å². The topological polar surface area (TPSA) is 91.5 Å². The molecule has 0 bridgehead atoms. The molecule has 0 saturated heterocycles. The quantitative estimate of drug-likeness (QED) is 0.420. The van der Waals surface area contributed by atoms with Crippen LogP contribution in [0.4, 0.5) is 0 Å². The lowest BCUT2D eigenvalue weighted by atomic mass is 10.0. The Morgan fingerprint density at radius 1 is 1.04 bits per heavy atom. The number of ether oxygens (including phenoxy) is 1. The van der Waals surface area contributed by atoms with Gasteiger partial charge in [-0.3, -0.25) is 20.4 Å². The molecule has 2 aromatic carbocycles. The Morgan fingerprint density at radius 2 is 1.71 bits per heavy atom. The van der Waals surface area contributed by atoms with Crippen LogP contribution in [0, 0.1) is 0 Å². The van der Waals surface area contributed by atoms with E-state index in [-0.39, 0.29) is 18.2 Å². The van der Waals surface area contributed by atoms with Crippen molar-refractivity contribution in [3.8, 4) is 5.75 Å². The minimum atomic E-state index is -0.415.